The fraction of sp³-hybridized carbons (Fsp3) is 1.00. The molecule has 4 rings (SSSR count). The molecule has 2 aliphatic heterocycles. The van der Waals surface area contributed by atoms with Crippen molar-refractivity contribution in [2.24, 2.45) is 11.8 Å². The van der Waals surface area contributed by atoms with E-state index in [9.17, 15) is 5.11 Å². The van der Waals surface area contributed by atoms with Crippen LogP contribution < -0.4 is 0 Å². The zero-order chi connectivity index (χ0) is 15.2. The van der Waals surface area contributed by atoms with Crippen LogP contribution in [-0.4, -0.2) is 55.1 Å². The van der Waals surface area contributed by atoms with Crippen molar-refractivity contribution >= 4 is 0 Å². The lowest BCUT2D eigenvalue weighted by atomic mass is 9.79. The largest absolute Gasteiger partial charge is 0.390 e. The van der Waals surface area contributed by atoms with E-state index in [1.54, 1.807) is 0 Å². The number of hydrogen-bond donors (Lipinski definition) is 1. The summed E-state index contributed by atoms with van der Waals surface area (Å²) in [6, 6.07) is 0. The SMILES string of the molecule is CCOC1CC2(CCC1O)OCC(C1CCC3OC3C1)CO2. The van der Waals surface area contributed by atoms with Gasteiger partial charge in [0.15, 0.2) is 5.79 Å². The molecule has 4 aliphatic rings. The summed E-state index contributed by atoms with van der Waals surface area (Å²) in [4.78, 5) is 0. The van der Waals surface area contributed by atoms with Crippen LogP contribution in [0.25, 0.3) is 0 Å². The third kappa shape index (κ3) is 2.94. The van der Waals surface area contributed by atoms with Crippen LogP contribution in [0.4, 0.5) is 0 Å². The summed E-state index contributed by atoms with van der Waals surface area (Å²) in [5, 5.41) is 10.1. The first-order valence-electron chi connectivity index (χ1n) is 8.92. The fourth-order valence-corrected chi connectivity index (χ4v) is 4.49. The molecule has 0 radical (unpaired) electrons. The second-order valence-electron chi connectivity index (χ2n) is 7.38. The van der Waals surface area contributed by atoms with Crippen molar-refractivity contribution in [2.75, 3.05) is 19.8 Å². The van der Waals surface area contributed by atoms with Gasteiger partial charge in [-0.15, -0.1) is 0 Å². The minimum Gasteiger partial charge on any atom is -0.390 e. The van der Waals surface area contributed by atoms with Crippen LogP contribution in [0.15, 0.2) is 0 Å². The van der Waals surface area contributed by atoms with Crippen LogP contribution in [0.2, 0.25) is 0 Å². The fourth-order valence-electron chi connectivity index (χ4n) is 4.49. The average molecular weight is 312 g/mol. The van der Waals surface area contributed by atoms with Crippen LogP contribution in [0.5, 0.6) is 0 Å². The van der Waals surface area contributed by atoms with E-state index >= 15 is 0 Å². The molecule has 126 valence electrons. The lowest BCUT2D eigenvalue weighted by Crippen LogP contribution is -2.53. The second kappa shape index (κ2) is 6.02. The number of epoxide rings is 1. The molecular formula is C17H28O5. The maximum atomic E-state index is 10.1. The maximum absolute atomic E-state index is 10.1. The molecule has 2 saturated heterocycles. The van der Waals surface area contributed by atoms with Gasteiger partial charge in [0.25, 0.3) is 0 Å². The molecular weight excluding hydrogens is 284 g/mol. The minimum absolute atomic E-state index is 0.161. The Morgan fingerprint density at radius 2 is 1.91 bits per heavy atom. The number of ether oxygens (including phenoxy) is 4. The third-order valence-corrected chi connectivity index (χ3v) is 5.98. The van der Waals surface area contributed by atoms with E-state index < -0.39 is 11.9 Å². The molecule has 2 saturated carbocycles. The molecule has 5 nitrogen and oxygen atoms in total. The van der Waals surface area contributed by atoms with Crippen LogP contribution in [-0.2, 0) is 18.9 Å². The standard InChI is InChI=1S/C17H28O5/c1-2-19-16-8-17(6-5-13(16)18)20-9-12(10-21-17)11-3-4-14-15(7-11)22-14/h11-16,18H,2-10H2,1H3. The van der Waals surface area contributed by atoms with E-state index in [0.29, 0.717) is 43.5 Å². The van der Waals surface area contributed by atoms with Gasteiger partial charge in [0.2, 0.25) is 0 Å². The first-order valence-corrected chi connectivity index (χ1v) is 8.92. The van der Waals surface area contributed by atoms with Gasteiger partial charge in [0, 0.05) is 25.4 Å². The molecule has 1 spiro atoms. The van der Waals surface area contributed by atoms with E-state index in [-0.39, 0.29) is 6.10 Å². The molecule has 0 amide bonds. The lowest BCUT2D eigenvalue weighted by Gasteiger charge is -2.47. The highest BCUT2D eigenvalue weighted by molar-refractivity contribution is 4.95. The van der Waals surface area contributed by atoms with E-state index in [1.165, 1.54) is 19.3 Å². The number of aliphatic hydroxyl groups excluding tert-OH is 1. The van der Waals surface area contributed by atoms with Gasteiger partial charge in [-0.2, -0.15) is 0 Å². The Bertz CT molecular complexity index is 393. The number of aliphatic hydroxyl groups is 1. The van der Waals surface area contributed by atoms with E-state index in [0.717, 1.165) is 19.6 Å². The van der Waals surface area contributed by atoms with Gasteiger partial charge in [0.05, 0.1) is 37.6 Å². The van der Waals surface area contributed by atoms with Crippen molar-refractivity contribution in [2.45, 2.75) is 75.7 Å². The molecule has 5 heteroatoms. The Morgan fingerprint density at radius 1 is 1.09 bits per heavy atom. The normalized spacial score (nSPS) is 51.5. The number of fused-ring (bicyclic) bond motifs is 1. The van der Waals surface area contributed by atoms with Crippen molar-refractivity contribution in [1.29, 1.82) is 0 Å². The van der Waals surface area contributed by atoms with Crippen molar-refractivity contribution in [3.8, 4) is 0 Å². The Balaban J connectivity index is 1.32. The summed E-state index contributed by atoms with van der Waals surface area (Å²) in [5.41, 5.74) is 0. The Labute approximate surface area is 132 Å². The Morgan fingerprint density at radius 3 is 2.64 bits per heavy atom. The van der Waals surface area contributed by atoms with Crippen molar-refractivity contribution in [3.05, 3.63) is 0 Å². The van der Waals surface area contributed by atoms with Gasteiger partial charge in [-0.25, -0.2) is 0 Å². The predicted octanol–water partition coefficient (Wildman–Crippen LogP) is 1.86. The van der Waals surface area contributed by atoms with Gasteiger partial charge in [-0.1, -0.05) is 0 Å². The molecule has 0 aromatic rings. The molecule has 2 heterocycles. The first-order chi connectivity index (χ1) is 10.7. The Hall–Kier alpha value is -0.200. The Kier molecular flexibility index (Phi) is 4.20. The van der Waals surface area contributed by atoms with Crippen molar-refractivity contribution in [1.82, 2.24) is 0 Å². The average Bonchev–Trinajstić information content (AvgIpc) is 3.31. The number of rotatable bonds is 3. The molecule has 22 heavy (non-hydrogen) atoms. The van der Waals surface area contributed by atoms with Crippen LogP contribution in [0.1, 0.15) is 45.4 Å². The smallest absolute Gasteiger partial charge is 0.170 e. The minimum atomic E-state index is -0.525. The van der Waals surface area contributed by atoms with Crippen LogP contribution in [0.3, 0.4) is 0 Å². The van der Waals surface area contributed by atoms with Crippen LogP contribution >= 0.6 is 0 Å². The van der Waals surface area contributed by atoms with E-state index in [4.69, 9.17) is 18.9 Å². The maximum Gasteiger partial charge on any atom is 0.170 e. The molecule has 4 fully saturated rings. The summed E-state index contributed by atoms with van der Waals surface area (Å²) < 4.78 is 23.7. The molecule has 5 atom stereocenters. The predicted molar refractivity (Wildman–Crippen MR) is 79.4 cm³/mol. The summed E-state index contributed by atoms with van der Waals surface area (Å²) in [7, 11) is 0. The van der Waals surface area contributed by atoms with Crippen LogP contribution in [0, 0.1) is 11.8 Å². The first kappa shape index (κ1) is 15.3. The molecule has 0 bridgehead atoms. The van der Waals surface area contributed by atoms with Gasteiger partial charge < -0.3 is 24.1 Å². The molecule has 5 unspecified atom stereocenters. The zero-order valence-corrected chi connectivity index (χ0v) is 13.4. The van der Waals surface area contributed by atoms with Gasteiger partial charge >= 0.3 is 0 Å². The lowest BCUT2D eigenvalue weighted by molar-refractivity contribution is -0.318. The molecule has 1 N–H and O–H groups in total. The van der Waals surface area contributed by atoms with Gasteiger partial charge in [-0.05, 0) is 38.5 Å². The zero-order valence-electron chi connectivity index (χ0n) is 13.4. The molecule has 0 aromatic heterocycles. The van der Waals surface area contributed by atoms with E-state index in [2.05, 4.69) is 0 Å². The van der Waals surface area contributed by atoms with Gasteiger partial charge in [0.1, 0.15) is 0 Å². The van der Waals surface area contributed by atoms with E-state index in [1.807, 2.05) is 6.92 Å². The highest BCUT2D eigenvalue weighted by Gasteiger charge is 2.49. The summed E-state index contributed by atoms with van der Waals surface area (Å²) >= 11 is 0. The van der Waals surface area contributed by atoms with Gasteiger partial charge in [-0.3, -0.25) is 0 Å². The highest BCUT2D eigenvalue weighted by atomic mass is 16.7. The topological polar surface area (TPSA) is 60.5 Å². The molecule has 2 aliphatic carbocycles. The van der Waals surface area contributed by atoms with Crippen molar-refractivity contribution in [3.63, 3.8) is 0 Å². The quantitative estimate of drug-likeness (QED) is 0.806. The van der Waals surface area contributed by atoms with Crippen molar-refractivity contribution < 1.29 is 24.1 Å². The monoisotopic (exact) mass is 312 g/mol. The second-order valence-corrected chi connectivity index (χ2v) is 7.38. The molecule has 0 aromatic carbocycles. The summed E-state index contributed by atoms with van der Waals surface area (Å²) in [6.07, 6.45) is 6.24. The summed E-state index contributed by atoms with van der Waals surface area (Å²) in [5.74, 6) is 0.647. The summed E-state index contributed by atoms with van der Waals surface area (Å²) in [6.45, 7) is 4.13. The number of hydrogen-bond acceptors (Lipinski definition) is 5. The highest BCUT2D eigenvalue weighted by Crippen LogP contribution is 2.45. The third-order valence-electron chi connectivity index (χ3n) is 5.98.